The molecule has 0 fully saturated rings. The molecule has 0 amide bonds. The van der Waals surface area contributed by atoms with Crippen LogP contribution < -0.4 is 20.4 Å². The molecule has 4 atom stereocenters. The first-order valence-electron chi connectivity index (χ1n) is 12.3. The van der Waals surface area contributed by atoms with Crippen molar-refractivity contribution in [1.29, 1.82) is 0 Å². The summed E-state index contributed by atoms with van der Waals surface area (Å²) in [4.78, 5) is 16.2. The number of pyridine rings is 4. The fourth-order valence-electron chi connectivity index (χ4n) is 4.35. The Balaban J connectivity index is -0.000000320. The van der Waals surface area contributed by atoms with Gasteiger partial charge in [0.15, 0.2) is 0 Å². The number of nitrogens with zero attached hydrogens (tertiary/aromatic N) is 4. The summed E-state index contributed by atoms with van der Waals surface area (Å²) in [5, 5.41) is 50.4. The van der Waals surface area contributed by atoms with Crippen LogP contribution in [0.15, 0.2) is 97.6 Å². The van der Waals surface area contributed by atoms with Gasteiger partial charge in [0.2, 0.25) is 0 Å². The number of hydrogen-bond acceptors (Lipinski definition) is 8. The summed E-state index contributed by atoms with van der Waals surface area (Å²) >= 11 is 0. The zero-order valence-corrected chi connectivity index (χ0v) is 26.6. The Labute approximate surface area is 278 Å². The van der Waals surface area contributed by atoms with Crippen molar-refractivity contribution in [3.8, 4) is 0 Å². The van der Waals surface area contributed by atoms with Gasteiger partial charge in [-0.05, 0) is 48.5 Å². The third-order valence-corrected chi connectivity index (χ3v) is 6.18. The average molecular weight is 712 g/mol. The largest absolute Gasteiger partial charge is 2.00 e. The van der Waals surface area contributed by atoms with Crippen molar-refractivity contribution in [2.45, 2.75) is 62.9 Å². The molecule has 4 rings (SSSR count). The molecule has 0 unspecified atom stereocenters. The van der Waals surface area contributed by atoms with Gasteiger partial charge in [0.25, 0.3) is 0 Å². The molecule has 4 aromatic rings. The second-order valence-electron chi connectivity index (χ2n) is 10.1. The van der Waals surface area contributed by atoms with E-state index >= 15 is 0 Å². The molecular weight excluding hydrogens is 671 g/mol. The van der Waals surface area contributed by atoms with Gasteiger partial charge < -0.3 is 42.3 Å². The smallest absolute Gasteiger partial charge is 0.845 e. The van der Waals surface area contributed by atoms with Gasteiger partial charge in [-0.1, -0.05) is 87.2 Å². The summed E-state index contributed by atoms with van der Waals surface area (Å²) < 4.78 is 0. The Bertz CT molecular complexity index is 1070. The van der Waals surface area contributed by atoms with Gasteiger partial charge in [-0.15, -0.1) is 0 Å². The second-order valence-corrected chi connectivity index (χ2v) is 10.1. The van der Waals surface area contributed by atoms with Gasteiger partial charge in [-0.2, -0.15) is 0 Å². The van der Waals surface area contributed by atoms with Crippen LogP contribution in [0, 0.1) is 0 Å². The van der Waals surface area contributed by atoms with Gasteiger partial charge in [0, 0.05) is 47.6 Å². The molecule has 44 heavy (non-hydrogen) atoms. The van der Waals surface area contributed by atoms with Crippen molar-refractivity contribution < 1.29 is 76.5 Å². The molecule has 8 N–H and O–H groups in total. The molecular formula is C30H40Cu2N4O8. The van der Waals surface area contributed by atoms with Gasteiger partial charge in [-0.25, -0.2) is 0 Å². The quantitative estimate of drug-likeness (QED) is 0.186. The molecule has 0 aliphatic carbocycles. The van der Waals surface area contributed by atoms with Crippen molar-refractivity contribution in [3.05, 3.63) is 120 Å². The van der Waals surface area contributed by atoms with Crippen molar-refractivity contribution in [2.75, 3.05) is 0 Å². The molecule has 12 nitrogen and oxygen atoms in total. The predicted molar refractivity (Wildman–Crippen MR) is 150 cm³/mol. The molecule has 0 aliphatic heterocycles. The minimum atomic E-state index is -1.53. The van der Waals surface area contributed by atoms with E-state index in [0.29, 0.717) is 22.8 Å². The third-order valence-electron chi connectivity index (χ3n) is 6.18. The molecule has 2 radical (unpaired) electrons. The fraction of sp³-hybridized carbons (Fsp3) is 0.333. The maximum absolute atomic E-state index is 12.6. The topological polar surface area (TPSA) is 270 Å². The Hall–Kier alpha value is -2.68. The number of aromatic nitrogens is 4. The van der Waals surface area contributed by atoms with Gasteiger partial charge in [0.05, 0.1) is 0 Å². The zero-order valence-electron chi connectivity index (χ0n) is 24.7. The van der Waals surface area contributed by atoms with E-state index in [1.807, 2.05) is 0 Å². The normalized spacial score (nSPS) is 15.1. The SMILES string of the molecule is C[C@]([O-])(C[C@@](C)([O-])c1ccccn1)c1ccccn1.C[C@]([O-])(C[C@@](C)([O-])c1ccccn1)c1ccccn1.O.O.O.O.[Cu+2].[Cu+2]. The molecule has 0 saturated heterocycles. The van der Waals surface area contributed by atoms with Crippen LogP contribution in [-0.4, -0.2) is 41.8 Å². The van der Waals surface area contributed by atoms with Crippen LogP contribution in [-0.2, 0) is 56.5 Å². The molecule has 4 heterocycles. The van der Waals surface area contributed by atoms with E-state index in [1.54, 1.807) is 97.6 Å². The van der Waals surface area contributed by atoms with Crippen LogP contribution >= 0.6 is 0 Å². The van der Waals surface area contributed by atoms with E-state index in [2.05, 4.69) is 19.9 Å². The molecule has 0 aromatic carbocycles. The van der Waals surface area contributed by atoms with E-state index in [1.165, 1.54) is 27.7 Å². The summed E-state index contributed by atoms with van der Waals surface area (Å²) in [6, 6.07) is 20.6. The van der Waals surface area contributed by atoms with Crippen molar-refractivity contribution in [1.82, 2.24) is 19.9 Å². The molecule has 0 spiro atoms. The van der Waals surface area contributed by atoms with Gasteiger partial charge >= 0.3 is 34.1 Å². The fourth-order valence-corrected chi connectivity index (χ4v) is 4.35. The number of rotatable bonds is 8. The average Bonchev–Trinajstić information content (AvgIpc) is 2.90. The summed E-state index contributed by atoms with van der Waals surface area (Å²) in [5.41, 5.74) is -4.60. The molecule has 14 heteroatoms. The Morgan fingerprint density at radius 3 is 0.727 bits per heavy atom. The number of hydrogen-bond donors (Lipinski definition) is 0. The van der Waals surface area contributed by atoms with E-state index in [0.717, 1.165) is 0 Å². The second kappa shape index (κ2) is 20.4. The first-order chi connectivity index (χ1) is 17.8. The van der Waals surface area contributed by atoms with E-state index in [4.69, 9.17) is 0 Å². The predicted octanol–water partition coefficient (Wildman–Crippen LogP) is -1.87. The maximum atomic E-state index is 12.6. The molecule has 0 aliphatic rings. The minimum Gasteiger partial charge on any atom is -0.845 e. The summed E-state index contributed by atoms with van der Waals surface area (Å²) in [5.74, 6) is 0. The van der Waals surface area contributed by atoms with E-state index < -0.39 is 22.4 Å². The van der Waals surface area contributed by atoms with Crippen LogP contribution in [0.1, 0.15) is 63.3 Å². The Kier molecular flexibility index (Phi) is 22.3. The van der Waals surface area contributed by atoms with Gasteiger partial charge in [0.1, 0.15) is 0 Å². The van der Waals surface area contributed by atoms with Crippen LogP contribution in [0.2, 0.25) is 0 Å². The molecule has 0 bridgehead atoms. The molecule has 4 aromatic heterocycles. The van der Waals surface area contributed by atoms with Gasteiger partial charge in [-0.3, -0.25) is 19.9 Å². The van der Waals surface area contributed by atoms with Crippen LogP contribution in [0.4, 0.5) is 0 Å². The summed E-state index contributed by atoms with van der Waals surface area (Å²) in [6.07, 6.45) is 6.05. The maximum Gasteiger partial charge on any atom is 2.00 e. The molecule has 0 saturated carbocycles. The monoisotopic (exact) mass is 710 g/mol. The minimum absolute atomic E-state index is 0. The summed E-state index contributed by atoms with van der Waals surface area (Å²) in [6.45, 7) is 5.98. The first-order valence-corrected chi connectivity index (χ1v) is 12.3. The van der Waals surface area contributed by atoms with E-state index in [-0.39, 0.29) is 68.9 Å². The van der Waals surface area contributed by atoms with Crippen molar-refractivity contribution >= 4 is 0 Å². The zero-order chi connectivity index (χ0) is 27.9. The van der Waals surface area contributed by atoms with Crippen molar-refractivity contribution in [2.24, 2.45) is 0 Å². The van der Waals surface area contributed by atoms with Crippen molar-refractivity contribution in [3.63, 3.8) is 0 Å². The third kappa shape index (κ3) is 13.5. The standard InChI is InChI=1S/2C15H16N2O2.2Cu.4H2O/c2*1-14(18,12-7-3-5-9-16-12)11-15(2,19)13-8-4-6-10-17-13;;;;;;/h2*3-10H,11H2,1-2H3;;;4*1H2/q2*-2;2*+2;;;;/t2*14-,15+;;;;;;. The Morgan fingerprint density at radius 1 is 0.409 bits per heavy atom. The summed E-state index contributed by atoms with van der Waals surface area (Å²) in [7, 11) is 0. The molecule has 250 valence electrons. The van der Waals surface area contributed by atoms with Crippen LogP contribution in [0.25, 0.3) is 0 Å². The first kappa shape index (κ1) is 48.2. The van der Waals surface area contributed by atoms with Crippen LogP contribution in [0.3, 0.4) is 0 Å². The van der Waals surface area contributed by atoms with E-state index in [9.17, 15) is 20.4 Å². The Morgan fingerprint density at radius 2 is 0.591 bits per heavy atom. The van der Waals surface area contributed by atoms with Crippen LogP contribution in [0.5, 0.6) is 0 Å².